The predicted octanol–water partition coefficient (Wildman–Crippen LogP) is 3.08. The number of methoxy groups -OCH3 is 1. The predicted molar refractivity (Wildman–Crippen MR) is 105 cm³/mol. The molecule has 1 aliphatic rings. The van der Waals surface area contributed by atoms with E-state index in [1.54, 1.807) is 37.5 Å². The van der Waals surface area contributed by atoms with E-state index in [1.165, 1.54) is 0 Å². The molecule has 0 aliphatic carbocycles. The number of carbonyl (C=O) groups is 1. The van der Waals surface area contributed by atoms with Crippen LogP contribution in [0.1, 0.15) is 5.56 Å². The van der Waals surface area contributed by atoms with Gasteiger partial charge in [-0.1, -0.05) is 12.1 Å². The van der Waals surface area contributed by atoms with Gasteiger partial charge in [-0.25, -0.2) is 0 Å². The second-order valence-electron chi connectivity index (χ2n) is 6.04. The Labute approximate surface area is 158 Å². The standard InChI is InChI=1S/C21H21N3O3/c1-26-20-8-4-18(5-9-20)23-21(25)17(15-22)14-16-2-6-19(7-3-16)24-10-12-27-13-11-24/h2-9,14H,10-13H2,1H3,(H,23,25)/b17-14+. The number of amides is 1. The van der Waals surface area contributed by atoms with E-state index in [4.69, 9.17) is 9.47 Å². The first-order valence-corrected chi connectivity index (χ1v) is 8.69. The van der Waals surface area contributed by atoms with Gasteiger partial charge >= 0.3 is 0 Å². The molecule has 1 heterocycles. The summed E-state index contributed by atoms with van der Waals surface area (Å²) in [5, 5.41) is 12.1. The Kier molecular flexibility index (Phi) is 6.08. The van der Waals surface area contributed by atoms with Crippen LogP contribution in [0.4, 0.5) is 11.4 Å². The summed E-state index contributed by atoms with van der Waals surface area (Å²) >= 11 is 0. The van der Waals surface area contributed by atoms with Gasteiger partial charge in [0.15, 0.2) is 0 Å². The van der Waals surface area contributed by atoms with Gasteiger partial charge in [-0.05, 0) is 48.0 Å². The van der Waals surface area contributed by atoms with Crippen molar-refractivity contribution in [3.05, 3.63) is 59.7 Å². The van der Waals surface area contributed by atoms with Gasteiger partial charge in [-0.3, -0.25) is 4.79 Å². The molecule has 0 saturated carbocycles. The second kappa shape index (κ2) is 8.88. The zero-order valence-electron chi connectivity index (χ0n) is 15.1. The quantitative estimate of drug-likeness (QED) is 0.653. The summed E-state index contributed by atoms with van der Waals surface area (Å²) in [6.07, 6.45) is 1.59. The summed E-state index contributed by atoms with van der Waals surface area (Å²) in [5.41, 5.74) is 2.56. The molecule has 0 bridgehead atoms. The summed E-state index contributed by atoms with van der Waals surface area (Å²) in [5.74, 6) is 0.254. The Bertz CT molecular complexity index is 846. The summed E-state index contributed by atoms with van der Waals surface area (Å²) in [6, 6.07) is 16.7. The maximum Gasteiger partial charge on any atom is 0.266 e. The van der Waals surface area contributed by atoms with E-state index in [0.29, 0.717) is 11.4 Å². The van der Waals surface area contributed by atoms with Gasteiger partial charge in [0, 0.05) is 24.5 Å². The lowest BCUT2D eigenvalue weighted by Gasteiger charge is -2.28. The van der Waals surface area contributed by atoms with E-state index in [-0.39, 0.29) is 5.57 Å². The molecule has 0 radical (unpaired) electrons. The highest BCUT2D eigenvalue weighted by molar-refractivity contribution is 6.09. The third kappa shape index (κ3) is 4.87. The average Bonchev–Trinajstić information content (AvgIpc) is 2.73. The molecule has 3 rings (SSSR count). The van der Waals surface area contributed by atoms with E-state index >= 15 is 0 Å². The van der Waals surface area contributed by atoms with E-state index in [1.807, 2.05) is 30.3 Å². The van der Waals surface area contributed by atoms with E-state index < -0.39 is 5.91 Å². The number of carbonyl (C=O) groups excluding carboxylic acids is 1. The number of morpholine rings is 1. The minimum Gasteiger partial charge on any atom is -0.497 e. The third-order valence-corrected chi connectivity index (χ3v) is 4.29. The molecule has 1 amide bonds. The molecule has 0 aromatic heterocycles. The number of nitriles is 1. The van der Waals surface area contributed by atoms with Gasteiger partial charge in [-0.2, -0.15) is 5.26 Å². The monoisotopic (exact) mass is 363 g/mol. The SMILES string of the molecule is COc1ccc(NC(=O)/C(C#N)=C/c2ccc(N3CCOCC3)cc2)cc1. The number of anilines is 2. The van der Waals surface area contributed by atoms with Crippen LogP contribution in [-0.4, -0.2) is 39.3 Å². The van der Waals surface area contributed by atoms with Crippen molar-refractivity contribution in [3.8, 4) is 11.8 Å². The maximum absolute atomic E-state index is 12.4. The molecular formula is C21H21N3O3. The molecule has 1 N–H and O–H groups in total. The van der Waals surface area contributed by atoms with Crippen LogP contribution < -0.4 is 15.0 Å². The minimum atomic E-state index is -0.445. The first-order valence-electron chi connectivity index (χ1n) is 8.69. The zero-order chi connectivity index (χ0) is 19.1. The first-order chi connectivity index (χ1) is 13.2. The fourth-order valence-electron chi connectivity index (χ4n) is 2.79. The van der Waals surface area contributed by atoms with Crippen LogP contribution in [-0.2, 0) is 9.53 Å². The van der Waals surface area contributed by atoms with Crippen molar-refractivity contribution in [2.75, 3.05) is 43.6 Å². The molecule has 2 aromatic carbocycles. The van der Waals surface area contributed by atoms with Crippen molar-refractivity contribution in [2.24, 2.45) is 0 Å². The minimum absolute atomic E-state index is 0.0462. The van der Waals surface area contributed by atoms with Gasteiger partial charge in [0.1, 0.15) is 17.4 Å². The van der Waals surface area contributed by atoms with Crippen molar-refractivity contribution in [1.82, 2.24) is 0 Å². The van der Waals surface area contributed by atoms with Crippen molar-refractivity contribution in [1.29, 1.82) is 5.26 Å². The van der Waals surface area contributed by atoms with Crippen LogP contribution >= 0.6 is 0 Å². The van der Waals surface area contributed by atoms with Gasteiger partial charge in [-0.15, -0.1) is 0 Å². The highest BCUT2D eigenvalue weighted by Crippen LogP contribution is 2.19. The normalized spacial score (nSPS) is 14.4. The van der Waals surface area contributed by atoms with Crippen LogP contribution in [0.3, 0.4) is 0 Å². The number of nitrogens with zero attached hydrogens (tertiary/aromatic N) is 2. The van der Waals surface area contributed by atoms with Gasteiger partial charge in [0.25, 0.3) is 5.91 Å². The third-order valence-electron chi connectivity index (χ3n) is 4.29. The topological polar surface area (TPSA) is 74.6 Å². The Morgan fingerprint density at radius 1 is 1.15 bits per heavy atom. The zero-order valence-corrected chi connectivity index (χ0v) is 15.1. The summed E-state index contributed by atoms with van der Waals surface area (Å²) < 4.78 is 10.4. The molecule has 138 valence electrons. The second-order valence-corrected chi connectivity index (χ2v) is 6.04. The lowest BCUT2D eigenvalue weighted by molar-refractivity contribution is -0.112. The fourth-order valence-corrected chi connectivity index (χ4v) is 2.79. The number of benzene rings is 2. The molecule has 0 unspecified atom stereocenters. The summed E-state index contributed by atoms with van der Waals surface area (Å²) in [7, 11) is 1.58. The number of ether oxygens (including phenoxy) is 2. The average molecular weight is 363 g/mol. The molecule has 2 aromatic rings. The Morgan fingerprint density at radius 2 is 1.81 bits per heavy atom. The van der Waals surface area contributed by atoms with Crippen molar-refractivity contribution in [3.63, 3.8) is 0 Å². The van der Waals surface area contributed by atoms with Crippen LogP contribution in [0.2, 0.25) is 0 Å². The van der Waals surface area contributed by atoms with Gasteiger partial charge < -0.3 is 19.7 Å². The molecular weight excluding hydrogens is 342 g/mol. The van der Waals surface area contributed by atoms with E-state index in [0.717, 1.165) is 37.6 Å². The molecule has 0 spiro atoms. The molecule has 1 fully saturated rings. The van der Waals surface area contributed by atoms with Crippen LogP contribution in [0, 0.1) is 11.3 Å². The summed E-state index contributed by atoms with van der Waals surface area (Å²) in [6.45, 7) is 3.18. The molecule has 0 atom stereocenters. The lowest BCUT2D eigenvalue weighted by Crippen LogP contribution is -2.36. The van der Waals surface area contributed by atoms with Crippen LogP contribution in [0.5, 0.6) is 5.75 Å². The van der Waals surface area contributed by atoms with Crippen LogP contribution in [0.15, 0.2) is 54.1 Å². The molecule has 6 heteroatoms. The number of hydrogen-bond acceptors (Lipinski definition) is 5. The lowest BCUT2D eigenvalue weighted by atomic mass is 10.1. The van der Waals surface area contributed by atoms with E-state index in [2.05, 4.69) is 10.2 Å². The van der Waals surface area contributed by atoms with Crippen molar-refractivity contribution in [2.45, 2.75) is 0 Å². The Hall–Kier alpha value is -3.30. The van der Waals surface area contributed by atoms with Gasteiger partial charge in [0.05, 0.1) is 20.3 Å². The number of nitrogens with one attached hydrogen (secondary N) is 1. The molecule has 27 heavy (non-hydrogen) atoms. The van der Waals surface area contributed by atoms with Crippen molar-refractivity contribution >= 4 is 23.4 Å². The van der Waals surface area contributed by atoms with Crippen molar-refractivity contribution < 1.29 is 14.3 Å². The highest BCUT2D eigenvalue weighted by Gasteiger charge is 2.12. The number of hydrogen-bond donors (Lipinski definition) is 1. The largest absolute Gasteiger partial charge is 0.497 e. The molecule has 1 saturated heterocycles. The molecule has 6 nitrogen and oxygen atoms in total. The summed E-state index contributed by atoms with van der Waals surface area (Å²) in [4.78, 5) is 14.6. The smallest absolute Gasteiger partial charge is 0.266 e. The Morgan fingerprint density at radius 3 is 2.41 bits per heavy atom. The molecule has 1 aliphatic heterocycles. The highest BCUT2D eigenvalue weighted by atomic mass is 16.5. The van der Waals surface area contributed by atoms with E-state index in [9.17, 15) is 10.1 Å². The van der Waals surface area contributed by atoms with Gasteiger partial charge in [0.2, 0.25) is 0 Å². The number of rotatable bonds is 5. The fraction of sp³-hybridized carbons (Fsp3) is 0.238. The maximum atomic E-state index is 12.4. The van der Waals surface area contributed by atoms with Crippen LogP contribution in [0.25, 0.3) is 6.08 Å². The first kappa shape index (κ1) is 18.5. The Balaban J connectivity index is 1.69.